The molecule has 6 aliphatic rings. The summed E-state index contributed by atoms with van der Waals surface area (Å²) in [6.07, 6.45) is 3.73. The molecule has 4 saturated heterocycles. The van der Waals surface area contributed by atoms with Gasteiger partial charge in [0.1, 0.15) is 35.3 Å². The summed E-state index contributed by atoms with van der Waals surface area (Å²) < 4.78 is 38.5. The molecule has 4 aromatic heterocycles. The van der Waals surface area contributed by atoms with E-state index in [2.05, 4.69) is 30.4 Å². The van der Waals surface area contributed by atoms with Gasteiger partial charge in [-0.3, -0.25) is 39.2 Å². The number of aliphatic imine (C=N–C) groups is 2. The van der Waals surface area contributed by atoms with E-state index in [0.717, 1.165) is 33.6 Å². The third-order valence-corrected chi connectivity index (χ3v) is 22.4. The van der Waals surface area contributed by atoms with Crippen molar-refractivity contribution in [3.8, 4) is 22.5 Å². The molecule has 4 aromatic carbocycles. The second-order valence-corrected chi connectivity index (χ2v) is 29.4. The van der Waals surface area contributed by atoms with Crippen LogP contribution in [0.3, 0.4) is 0 Å². The van der Waals surface area contributed by atoms with Gasteiger partial charge in [-0.25, -0.2) is 47.9 Å². The molecule has 4 atom stereocenters. The van der Waals surface area contributed by atoms with Crippen molar-refractivity contribution in [2.24, 2.45) is 9.98 Å². The highest BCUT2D eigenvalue weighted by Crippen LogP contribution is 2.41. The predicted octanol–water partition coefficient (Wildman–Crippen LogP) is 11.4. The van der Waals surface area contributed by atoms with E-state index in [9.17, 15) is 37.5 Å². The number of esters is 2. The van der Waals surface area contributed by atoms with Gasteiger partial charge in [-0.05, 0) is 63.1 Å². The molecule has 0 aliphatic carbocycles. The molecule has 4 fully saturated rings. The SMILES string of the molecule is COC(=O)C1=C(CN2CCN3C(=O)N(c4nc(-c5ccc(C(C)(C)C(C)=O)cc5)cs4)C[C@@H]3C2)NC(c2nccs2)=N[C@H]1c1ccc(F)cc1Cl.COC(=O)C1=C(CN2CCN3C(=O)N(c4nc(-c5ccc(CC(C)=O)cc5)cs4)C[C@@H]3C2)NC(c2nccs2)=N[C@H]1c1ccc(F)cc1Cl. The van der Waals surface area contributed by atoms with Gasteiger partial charge in [0, 0.05) is 142 Å². The fourth-order valence-corrected chi connectivity index (χ4v) is 16.3. The lowest BCUT2D eigenvalue weighted by atomic mass is 9.81. The van der Waals surface area contributed by atoms with Gasteiger partial charge in [-0.15, -0.1) is 45.3 Å². The van der Waals surface area contributed by atoms with E-state index in [0.29, 0.717) is 126 Å². The standard InChI is InChI=1S/C36H35ClFN7O4S2.C34H31ClFN7O4S2/c1-20(46)36(2,3)22-7-5-21(6-8-22)28-19-51-34(41-28)45-17-24-16-43(12-13-44(24)35(45)48)18-27-29(33(47)49-4)30(25-10-9-23(38)15-26(25)37)42-31(40-27)32-39-11-14-50-32;1-19(44)13-20-3-5-21(6-4-20)27-18-49-33(39-27)43-16-23-15-41(10-11-42(23)34(43)46)17-26-28(32(45)47-2)29(24-8-7-22(36)14-25(24)35)40-30(38-26)31-37-9-12-48-31/h5-11,14-15,19,24,30H,12-13,16-18H2,1-4H3,(H,40,42);3-9,12,14,18,23,29H,10-11,13,15-17H2,1-2H3,(H,38,40)/t24-,30-;23-,29-/m00/s1. The third kappa shape index (κ3) is 14.4. The Bertz CT molecular complexity index is 4620. The number of amides is 4. The Morgan fingerprint density at radius 3 is 1.43 bits per heavy atom. The maximum Gasteiger partial charge on any atom is 0.338 e. The zero-order valence-corrected chi connectivity index (χ0v) is 59.7. The Labute approximate surface area is 600 Å². The van der Waals surface area contributed by atoms with E-state index in [1.165, 1.54) is 96.0 Å². The van der Waals surface area contributed by atoms with Gasteiger partial charge in [0.25, 0.3) is 0 Å². The Balaban J connectivity index is 0.000000179. The molecule has 4 amide bonds. The summed E-state index contributed by atoms with van der Waals surface area (Å²) in [6, 6.07) is 21.5. The number of benzene rings is 4. The number of carbonyl (C=O) groups is 6. The van der Waals surface area contributed by atoms with Crippen molar-refractivity contribution >= 4 is 126 Å². The van der Waals surface area contributed by atoms with Gasteiger partial charge in [0.15, 0.2) is 31.9 Å². The molecule has 0 unspecified atom stereocenters. The van der Waals surface area contributed by atoms with E-state index >= 15 is 0 Å². The Morgan fingerprint density at radius 1 is 0.600 bits per heavy atom. The number of urea groups is 2. The number of thiazole rings is 4. The molecule has 14 rings (SSSR count). The third-order valence-electron chi connectivity index (χ3n) is 18.4. The smallest absolute Gasteiger partial charge is 0.338 e. The van der Waals surface area contributed by atoms with Crippen LogP contribution in [0.15, 0.2) is 151 Å². The van der Waals surface area contributed by atoms with Gasteiger partial charge in [0.05, 0.1) is 61.9 Å². The normalized spacial score (nSPS) is 19.5. The van der Waals surface area contributed by atoms with Crippen LogP contribution in [-0.4, -0.2) is 179 Å². The zero-order valence-electron chi connectivity index (χ0n) is 54.9. The van der Waals surface area contributed by atoms with Crippen LogP contribution in [0, 0.1) is 11.6 Å². The number of ether oxygens (including phenoxy) is 2. The highest BCUT2D eigenvalue weighted by molar-refractivity contribution is 7.14. The summed E-state index contributed by atoms with van der Waals surface area (Å²) in [5.41, 5.74) is 7.29. The number of aromatic nitrogens is 4. The molecule has 8 aromatic rings. The number of halogens is 4. The van der Waals surface area contributed by atoms with Crippen molar-refractivity contribution in [1.29, 1.82) is 0 Å². The largest absolute Gasteiger partial charge is 0.466 e. The highest BCUT2D eigenvalue weighted by atomic mass is 35.5. The quantitative estimate of drug-likeness (QED) is 0.0759. The number of Topliss-reactive ketones (excluding diaryl/α,β-unsaturated/α-hetero) is 2. The molecule has 30 heteroatoms. The fourth-order valence-electron chi connectivity index (χ4n) is 12.9. The fraction of sp³-hybridized carbons (Fsp3) is 0.314. The van der Waals surface area contributed by atoms with Crippen LogP contribution in [0.25, 0.3) is 22.5 Å². The molecule has 0 bridgehead atoms. The minimum Gasteiger partial charge on any atom is -0.466 e. The molecule has 10 heterocycles. The van der Waals surface area contributed by atoms with E-state index in [1.54, 1.807) is 36.0 Å². The lowest BCUT2D eigenvalue weighted by Crippen LogP contribution is -2.53. The number of carbonyl (C=O) groups excluding carboxylic acids is 6. The second kappa shape index (κ2) is 29.3. The summed E-state index contributed by atoms with van der Waals surface area (Å²) >= 11 is 18.6. The maximum atomic E-state index is 14.0. The first-order valence-electron chi connectivity index (χ1n) is 31.9. The number of nitrogens with zero attached hydrogens (tertiary/aromatic N) is 12. The van der Waals surface area contributed by atoms with Crippen LogP contribution < -0.4 is 20.4 Å². The molecule has 516 valence electrons. The number of piperazine rings is 2. The van der Waals surface area contributed by atoms with E-state index < -0.39 is 41.1 Å². The van der Waals surface area contributed by atoms with E-state index in [4.69, 9.17) is 52.6 Å². The van der Waals surface area contributed by atoms with Crippen LogP contribution >= 0.6 is 68.5 Å². The van der Waals surface area contributed by atoms with Crippen molar-refractivity contribution in [3.05, 3.63) is 195 Å². The summed E-state index contributed by atoms with van der Waals surface area (Å²) in [6.45, 7) is 11.8. The molecule has 22 nitrogen and oxygen atoms in total. The van der Waals surface area contributed by atoms with Crippen LogP contribution in [0.2, 0.25) is 10.0 Å². The highest BCUT2D eigenvalue weighted by Gasteiger charge is 2.46. The Hall–Kier alpha value is -9.00. The van der Waals surface area contributed by atoms with Gasteiger partial charge in [-0.1, -0.05) is 83.9 Å². The lowest BCUT2D eigenvalue weighted by molar-refractivity contribution is -0.137. The number of ketones is 2. The molecular formula is C70H66Cl2F2N14O8S4. The van der Waals surface area contributed by atoms with Crippen molar-refractivity contribution < 1.29 is 47.0 Å². The minimum absolute atomic E-state index is 0.0863. The van der Waals surface area contributed by atoms with Gasteiger partial charge in [-0.2, -0.15) is 0 Å². The van der Waals surface area contributed by atoms with Crippen LogP contribution in [0.4, 0.5) is 28.6 Å². The topological polar surface area (TPSA) is 241 Å². The molecule has 2 N–H and O–H groups in total. The first-order valence-corrected chi connectivity index (χ1v) is 36.1. The molecule has 100 heavy (non-hydrogen) atoms. The van der Waals surface area contributed by atoms with Crippen molar-refractivity contribution in [3.63, 3.8) is 0 Å². The monoisotopic (exact) mass is 1470 g/mol. The van der Waals surface area contributed by atoms with Crippen LogP contribution in [0.5, 0.6) is 0 Å². The first kappa shape index (κ1) is 69.5. The van der Waals surface area contributed by atoms with E-state index in [-0.39, 0.29) is 56.9 Å². The second-order valence-electron chi connectivity index (χ2n) is 25.1. The van der Waals surface area contributed by atoms with Crippen LogP contribution in [-0.2, 0) is 40.5 Å². The summed E-state index contributed by atoms with van der Waals surface area (Å²) in [5, 5.41) is 17.0. The van der Waals surface area contributed by atoms with Gasteiger partial charge >= 0.3 is 24.0 Å². The number of rotatable bonds is 18. The van der Waals surface area contributed by atoms with Crippen molar-refractivity contribution in [2.75, 3.05) is 89.5 Å². The number of nitrogens with one attached hydrogen (secondary N) is 2. The van der Waals surface area contributed by atoms with Gasteiger partial charge in [0.2, 0.25) is 0 Å². The maximum absolute atomic E-state index is 14.0. The lowest BCUT2D eigenvalue weighted by Gasteiger charge is -2.38. The number of amidine groups is 2. The summed E-state index contributed by atoms with van der Waals surface area (Å²) in [4.78, 5) is 117. The summed E-state index contributed by atoms with van der Waals surface area (Å²) in [7, 11) is 2.61. The number of hydrogen-bond acceptors (Lipinski definition) is 22. The number of hydrogen-bond donors (Lipinski definition) is 2. The first-order chi connectivity index (χ1) is 48.1. The van der Waals surface area contributed by atoms with E-state index in [1.807, 2.05) is 93.7 Å². The van der Waals surface area contributed by atoms with Crippen molar-refractivity contribution in [1.82, 2.24) is 50.2 Å². The molecule has 6 aliphatic heterocycles. The van der Waals surface area contributed by atoms with Gasteiger partial charge < -0.3 is 29.9 Å². The Kier molecular flexibility index (Phi) is 20.4. The molecule has 0 spiro atoms. The zero-order chi connectivity index (χ0) is 70.3. The molecule has 0 radical (unpaired) electrons. The Morgan fingerprint density at radius 2 is 1.04 bits per heavy atom. The molecular weight excluding hydrogens is 1400 g/mol. The average molecular weight is 1470 g/mol. The predicted molar refractivity (Wildman–Crippen MR) is 383 cm³/mol. The summed E-state index contributed by atoms with van der Waals surface area (Å²) in [5.74, 6) is -1.02. The van der Waals surface area contributed by atoms with Crippen molar-refractivity contribution in [2.45, 2.75) is 63.7 Å². The average Bonchev–Trinajstić information content (AvgIpc) is 1.44. The minimum atomic E-state index is -0.860. The number of fused-ring (bicyclic) bond motifs is 2. The molecule has 0 saturated carbocycles. The van der Waals surface area contributed by atoms with Crippen LogP contribution in [0.1, 0.15) is 72.0 Å². The number of anilines is 2. The number of methoxy groups -OCH3 is 2.